The second kappa shape index (κ2) is 16.1. The summed E-state index contributed by atoms with van der Waals surface area (Å²) in [5, 5.41) is 9.55. The first-order valence-corrected chi connectivity index (χ1v) is 17.7. The quantitative estimate of drug-likeness (QED) is 0.101. The molecule has 49 heavy (non-hydrogen) atoms. The van der Waals surface area contributed by atoms with E-state index in [-0.39, 0.29) is 41.8 Å². The Morgan fingerprint density at radius 2 is 1.69 bits per heavy atom. The number of hydrogen-bond donors (Lipinski definition) is 3. The third-order valence-electron chi connectivity index (χ3n) is 7.79. The van der Waals surface area contributed by atoms with Crippen LogP contribution in [0.15, 0.2) is 101 Å². The van der Waals surface area contributed by atoms with Gasteiger partial charge in [0.15, 0.2) is 21.5 Å². The van der Waals surface area contributed by atoms with Crippen molar-refractivity contribution in [1.82, 2.24) is 10.9 Å². The monoisotopic (exact) mass is 731 g/mol. The van der Waals surface area contributed by atoms with Crippen molar-refractivity contribution in [2.45, 2.75) is 35.8 Å². The maximum Gasteiger partial charge on any atom is 0.266 e. The molecule has 0 aliphatic carbocycles. The van der Waals surface area contributed by atoms with Crippen LogP contribution in [0.3, 0.4) is 0 Å². The normalized spacial score (nSPS) is 17.3. The molecule has 0 saturated heterocycles. The van der Waals surface area contributed by atoms with Crippen LogP contribution in [0.5, 0.6) is 5.75 Å². The summed E-state index contributed by atoms with van der Waals surface area (Å²) in [5.41, 5.74) is 4.70. The second-order valence-corrected chi connectivity index (χ2v) is 14.2. The van der Waals surface area contributed by atoms with Gasteiger partial charge in [-0.05, 0) is 72.6 Å². The zero-order valence-corrected chi connectivity index (χ0v) is 28.4. The summed E-state index contributed by atoms with van der Waals surface area (Å²) < 4.78 is 66.4. The van der Waals surface area contributed by atoms with E-state index >= 15 is 0 Å². The topological polar surface area (TPSA) is 126 Å². The Bertz CT molecular complexity index is 1900. The Morgan fingerprint density at radius 1 is 0.980 bits per heavy atom. The maximum absolute atomic E-state index is 14.3. The van der Waals surface area contributed by atoms with Gasteiger partial charge in [0.2, 0.25) is 5.90 Å². The number of halogens is 4. The highest BCUT2D eigenvalue weighted by Crippen LogP contribution is 2.45. The zero-order chi connectivity index (χ0) is 35.0. The summed E-state index contributed by atoms with van der Waals surface area (Å²) in [6.45, 7) is 0.374. The number of amides is 1. The molecule has 14 heteroatoms. The van der Waals surface area contributed by atoms with Crippen LogP contribution >= 0.6 is 23.2 Å². The Hall–Kier alpha value is -4.07. The molecule has 4 aromatic rings. The molecule has 0 spiro atoms. The van der Waals surface area contributed by atoms with Crippen molar-refractivity contribution >= 4 is 44.8 Å². The van der Waals surface area contributed by atoms with Gasteiger partial charge >= 0.3 is 0 Å². The average molecular weight is 733 g/mol. The maximum atomic E-state index is 14.3. The number of nitrogens with zero attached hydrogens (tertiary/aromatic N) is 1. The number of carbonyl (C=O) groups excluding carboxylic acids is 1. The van der Waals surface area contributed by atoms with Crippen molar-refractivity contribution in [2.24, 2.45) is 4.99 Å². The first kappa shape index (κ1) is 36.2. The minimum Gasteiger partial charge on any atom is -0.494 e. The molecular weight excluding hydrogens is 699 g/mol. The highest BCUT2D eigenvalue weighted by molar-refractivity contribution is 7.91. The van der Waals surface area contributed by atoms with Gasteiger partial charge in [0.25, 0.3) is 5.91 Å². The molecule has 0 radical (unpaired) electrons. The van der Waals surface area contributed by atoms with Gasteiger partial charge in [-0.3, -0.25) is 10.2 Å². The SMILES string of the molecule is O=C(NNCCc1cc(F)cc(F)c1)[C@@]1(CCS(=O)(=O)c2ccccc2)N=C(c2ccc(OCCCO)cc2)O[C@H]1c1ccc(Cl)cc1Cl. The van der Waals surface area contributed by atoms with Gasteiger partial charge in [-0.15, -0.1) is 0 Å². The van der Waals surface area contributed by atoms with Crippen LogP contribution in [0, 0.1) is 11.6 Å². The minimum absolute atomic E-state index is 0.0142. The Morgan fingerprint density at radius 3 is 2.37 bits per heavy atom. The molecule has 0 aromatic heterocycles. The van der Waals surface area contributed by atoms with Crippen molar-refractivity contribution in [3.63, 3.8) is 0 Å². The van der Waals surface area contributed by atoms with E-state index in [9.17, 15) is 22.0 Å². The van der Waals surface area contributed by atoms with Crippen molar-refractivity contribution in [3.05, 3.63) is 129 Å². The molecule has 3 N–H and O–H groups in total. The van der Waals surface area contributed by atoms with E-state index in [1.54, 1.807) is 54.6 Å². The lowest BCUT2D eigenvalue weighted by molar-refractivity contribution is -0.130. The van der Waals surface area contributed by atoms with Gasteiger partial charge in [0.1, 0.15) is 17.4 Å². The van der Waals surface area contributed by atoms with Crippen molar-refractivity contribution < 1.29 is 36.6 Å². The molecule has 1 aliphatic heterocycles. The number of aliphatic imine (C=N–C) groups is 1. The van der Waals surface area contributed by atoms with Crippen molar-refractivity contribution in [1.29, 1.82) is 0 Å². The van der Waals surface area contributed by atoms with Gasteiger partial charge < -0.3 is 14.6 Å². The number of ether oxygens (including phenoxy) is 2. The van der Waals surface area contributed by atoms with Gasteiger partial charge in [-0.25, -0.2) is 27.6 Å². The fourth-order valence-corrected chi connectivity index (χ4v) is 7.21. The van der Waals surface area contributed by atoms with Crippen LogP contribution < -0.4 is 15.6 Å². The van der Waals surface area contributed by atoms with Crippen LogP contribution in [-0.2, 0) is 25.8 Å². The number of aliphatic hydroxyl groups is 1. The zero-order valence-electron chi connectivity index (χ0n) is 26.0. The fraction of sp³-hybridized carbons (Fsp3) is 0.257. The number of nitrogens with one attached hydrogen (secondary N) is 2. The van der Waals surface area contributed by atoms with Crippen LogP contribution in [0.2, 0.25) is 10.0 Å². The van der Waals surface area contributed by atoms with Crippen LogP contribution in [0.1, 0.15) is 35.6 Å². The minimum atomic E-state index is -3.89. The van der Waals surface area contributed by atoms with Crippen LogP contribution in [0.4, 0.5) is 8.78 Å². The van der Waals surface area contributed by atoms with E-state index in [0.29, 0.717) is 40.5 Å². The molecule has 1 amide bonds. The highest BCUT2D eigenvalue weighted by Gasteiger charge is 2.54. The summed E-state index contributed by atoms with van der Waals surface area (Å²) in [4.78, 5) is 19.2. The highest BCUT2D eigenvalue weighted by atomic mass is 35.5. The first-order valence-electron chi connectivity index (χ1n) is 15.3. The van der Waals surface area contributed by atoms with Gasteiger partial charge in [-0.2, -0.15) is 0 Å². The molecule has 0 fully saturated rings. The van der Waals surface area contributed by atoms with Crippen molar-refractivity contribution in [3.8, 4) is 5.75 Å². The van der Waals surface area contributed by atoms with E-state index < -0.39 is 44.8 Å². The Kier molecular flexibility index (Phi) is 11.9. The molecule has 0 bridgehead atoms. The largest absolute Gasteiger partial charge is 0.494 e. The molecule has 0 saturated carbocycles. The molecule has 4 aromatic carbocycles. The molecule has 1 heterocycles. The standard InChI is InChI=1S/C35H33Cl2F2N3O6S/c36-25-9-12-30(31(37)21-25)32-35(14-18-49(45,46)29-5-2-1-3-6-29,34(44)42-40-15-13-23-19-26(38)22-27(39)20-23)41-33(48-32)24-7-10-28(11-8-24)47-17-4-16-43/h1-3,5-12,19-22,32,40,43H,4,13-18H2,(H,42,44)/t32-,35-/m0/s1. The number of rotatable bonds is 15. The smallest absolute Gasteiger partial charge is 0.266 e. The lowest BCUT2D eigenvalue weighted by Gasteiger charge is -2.31. The fourth-order valence-electron chi connectivity index (χ4n) is 5.31. The predicted octanol–water partition coefficient (Wildman–Crippen LogP) is 6.02. The molecule has 0 unspecified atom stereocenters. The first-order chi connectivity index (χ1) is 23.5. The average Bonchev–Trinajstić information content (AvgIpc) is 3.47. The van der Waals surface area contributed by atoms with Crippen molar-refractivity contribution in [2.75, 3.05) is 25.5 Å². The van der Waals surface area contributed by atoms with E-state index in [4.69, 9.17) is 42.8 Å². The summed E-state index contributed by atoms with van der Waals surface area (Å²) in [6.07, 6.45) is -0.896. The third kappa shape index (κ3) is 8.94. The van der Waals surface area contributed by atoms with E-state index in [1.807, 2.05) is 0 Å². The molecule has 2 atom stereocenters. The molecule has 9 nitrogen and oxygen atoms in total. The summed E-state index contributed by atoms with van der Waals surface area (Å²) >= 11 is 12.8. The summed E-state index contributed by atoms with van der Waals surface area (Å²) in [5.74, 6) is -2.07. The molecular formula is C35H33Cl2F2N3O6S. The molecule has 1 aliphatic rings. The van der Waals surface area contributed by atoms with Crippen LogP contribution in [-0.4, -0.2) is 56.4 Å². The Labute approximate surface area is 292 Å². The number of sulfone groups is 1. The lowest BCUT2D eigenvalue weighted by atomic mass is 9.85. The number of hydrazine groups is 1. The Balaban J connectivity index is 1.50. The molecule has 5 rings (SSSR count). The van der Waals surface area contributed by atoms with E-state index in [1.165, 1.54) is 30.3 Å². The number of carbonyl (C=O) groups is 1. The van der Waals surface area contributed by atoms with Gasteiger partial charge in [0.05, 0.1) is 17.3 Å². The number of benzene rings is 4. The van der Waals surface area contributed by atoms with Gasteiger partial charge in [0, 0.05) is 53.2 Å². The number of aliphatic hydroxyl groups excluding tert-OH is 1. The predicted molar refractivity (Wildman–Crippen MR) is 183 cm³/mol. The van der Waals surface area contributed by atoms with Crippen LogP contribution in [0.25, 0.3) is 0 Å². The molecule has 258 valence electrons. The third-order valence-corrected chi connectivity index (χ3v) is 10.1. The van der Waals surface area contributed by atoms with E-state index in [2.05, 4.69) is 10.9 Å². The number of hydrogen-bond acceptors (Lipinski definition) is 8. The van der Waals surface area contributed by atoms with Gasteiger partial charge in [-0.1, -0.05) is 47.5 Å². The summed E-state index contributed by atoms with van der Waals surface area (Å²) in [6, 6.07) is 22.3. The lowest BCUT2D eigenvalue weighted by Crippen LogP contribution is -2.53. The van der Waals surface area contributed by atoms with E-state index in [0.717, 1.165) is 6.07 Å². The second-order valence-electron chi connectivity index (χ2n) is 11.2. The summed E-state index contributed by atoms with van der Waals surface area (Å²) in [7, 11) is -3.89.